The molecule has 0 bridgehead atoms. The van der Waals surface area contributed by atoms with Crippen LogP contribution in [0.15, 0.2) is 58.5 Å². The highest BCUT2D eigenvalue weighted by atomic mass is 32.1. The maximum Gasteiger partial charge on any atom is 0.256 e. The first-order valence-electron chi connectivity index (χ1n) is 8.74. The quantitative estimate of drug-likeness (QED) is 0.519. The van der Waals surface area contributed by atoms with Gasteiger partial charge in [0.2, 0.25) is 5.13 Å². The second-order valence-electron chi connectivity index (χ2n) is 5.99. The molecule has 0 aliphatic rings. The van der Waals surface area contributed by atoms with Gasteiger partial charge < -0.3 is 14.5 Å². The molecule has 7 nitrogen and oxygen atoms in total. The number of carbonyl (C=O) groups excluding carboxylic acids is 1. The van der Waals surface area contributed by atoms with E-state index in [0.29, 0.717) is 28.9 Å². The zero-order valence-electron chi connectivity index (χ0n) is 15.4. The fourth-order valence-corrected chi connectivity index (χ4v) is 3.47. The Kier molecular flexibility index (Phi) is 4.94. The molecule has 1 N–H and O–H groups in total. The Labute approximate surface area is 165 Å². The Morgan fingerprint density at radius 2 is 2.11 bits per heavy atom. The van der Waals surface area contributed by atoms with Crippen LogP contribution in [-0.4, -0.2) is 27.3 Å². The highest BCUT2D eigenvalue weighted by molar-refractivity contribution is 7.12. The van der Waals surface area contributed by atoms with Gasteiger partial charge in [-0.1, -0.05) is 0 Å². The SMILES string of the molecule is CCOc1ccc(C(=O)Nc2cc(C)nn2-c2nc(-c3ccco3)cs2)cc1. The standard InChI is InChI=1S/C20H18N4O3S/c1-3-26-15-8-6-14(7-9-15)19(25)22-18-11-13(2)23-24(18)20-21-16(12-28-20)17-5-4-10-27-17/h4-12H,3H2,1-2H3,(H,22,25). The van der Waals surface area contributed by atoms with Crippen LogP contribution in [0.4, 0.5) is 5.82 Å². The molecule has 4 aromatic rings. The van der Waals surface area contributed by atoms with Gasteiger partial charge in [-0.25, -0.2) is 4.98 Å². The number of benzene rings is 1. The van der Waals surface area contributed by atoms with Gasteiger partial charge in [0.15, 0.2) is 5.76 Å². The third-order valence-electron chi connectivity index (χ3n) is 3.95. The number of amides is 1. The van der Waals surface area contributed by atoms with Crippen LogP contribution in [0.2, 0.25) is 0 Å². The summed E-state index contributed by atoms with van der Waals surface area (Å²) in [4.78, 5) is 17.2. The van der Waals surface area contributed by atoms with Crippen molar-refractivity contribution >= 4 is 23.1 Å². The normalized spacial score (nSPS) is 10.8. The number of carbonyl (C=O) groups is 1. The Balaban J connectivity index is 1.57. The number of furan rings is 1. The maximum absolute atomic E-state index is 12.6. The zero-order valence-corrected chi connectivity index (χ0v) is 16.2. The average Bonchev–Trinajstić information content (AvgIpc) is 3.43. The van der Waals surface area contributed by atoms with Crippen LogP contribution in [0, 0.1) is 6.92 Å². The van der Waals surface area contributed by atoms with E-state index in [1.807, 2.05) is 31.4 Å². The molecule has 0 fully saturated rings. The minimum absolute atomic E-state index is 0.230. The molecule has 8 heteroatoms. The molecule has 4 rings (SSSR count). The number of aromatic nitrogens is 3. The van der Waals surface area contributed by atoms with E-state index in [-0.39, 0.29) is 5.91 Å². The predicted molar refractivity (Wildman–Crippen MR) is 107 cm³/mol. The van der Waals surface area contributed by atoms with Crippen molar-refractivity contribution in [3.63, 3.8) is 0 Å². The molecule has 0 unspecified atom stereocenters. The van der Waals surface area contributed by atoms with Crippen molar-refractivity contribution in [3.8, 4) is 22.3 Å². The highest BCUT2D eigenvalue weighted by Gasteiger charge is 2.16. The summed E-state index contributed by atoms with van der Waals surface area (Å²) in [7, 11) is 0. The molecule has 0 aliphatic carbocycles. The van der Waals surface area contributed by atoms with Gasteiger partial charge in [-0.05, 0) is 50.2 Å². The molecule has 1 aromatic carbocycles. The molecule has 0 saturated heterocycles. The number of anilines is 1. The molecule has 3 heterocycles. The molecule has 0 atom stereocenters. The Morgan fingerprint density at radius 1 is 1.29 bits per heavy atom. The smallest absolute Gasteiger partial charge is 0.256 e. The van der Waals surface area contributed by atoms with Crippen molar-refractivity contribution in [2.24, 2.45) is 0 Å². The predicted octanol–water partition coefficient (Wildman–Crippen LogP) is 4.55. The molecule has 0 spiro atoms. The summed E-state index contributed by atoms with van der Waals surface area (Å²) < 4.78 is 12.4. The van der Waals surface area contributed by atoms with E-state index in [1.165, 1.54) is 11.3 Å². The van der Waals surface area contributed by atoms with Crippen molar-refractivity contribution in [1.82, 2.24) is 14.8 Å². The van der Waals surface area contributed by atoms with Crippen molar-refractivity contribution in [2.45, 2.75) is 13.8 Å². The summed E-state index contributed by atoms with van der Waals surface area (Å²) in [6.45, 7) is 4.36. The summed E-state index contributed by atoms with van der Waals surface area (Å²) in [6, 6.07) is 12.5. The van der Waals surface area contributed by atoms with Gasteiger partial charge in [0.05, 0.1) is 18.6 Å². The van der Waals surface area contributed by atoms with E-state index >= 15 is 0 Å². The topological polar surface area (TPSA) is 82.2 Å². The number of ether oxygens (including phenoxy) is 1. The summed E-state index contributed by atoms with van der Waals surface area (Å²) in [5.41, 5.74) is 2.03. The lowest BCUT2D eigenvalue weighted by molar-refractivity contribution is 0.102. The lowest BCUT2D eigenvalue weighted by Gasteiger charge is -2.07. The fourth-order valence-electron chi connectivity index (χ4n) is 2.69. The maximum atomic E-state index is 12.6. The first-order valence-corrected chi connectivity index (χ1v) is 9.62. The van der Waals surface area contributed by atoms with E-state index in [0.717, 1.165) is 17.1 Å². The van der Waals surface area contributed by atoms with Crippen molar-refractivity contribution in [1.29, 1.82) is 0 Å². The third kappa shape index (κ3) is 3.67. The van der Waals surface area contributed by atoms with Crippen LogP contribution in [0.1, 0.15) is 23.0 Å². The van der Waals surface area contributed by atoms with Gasteiger partial charge in [-0.2, -0.15) is 9.78 Å². The zero-order chi connectivity index (χ0) is 19.5. The highest BCUT2D eigenvalue weighted by Crippen LogP contribution is 2.27. The summed E-state index contributed by atoms with van der Waals surface area (Å²) in [5.74, 6) is 1.74. The van der Waals surface area contributed by atoms with Crippen molar-refractivity contribution in [3.05, 3.63) is 65.4 Å². The Bertz CT molecular complexity index is 1080. The number of nitrogens with zero attached hydrogens (tertiary/aromatic N) is 3. The lowest BCUT2D eigenvalue weighted by Crippen LogP contribution is -2.15. The number of nitrogens with one attached hydrogen (secondary N) is 1. The van der Waals surface area contributed by atoms with Gasteiger partial charge in [-0.3, -0.25) is 4.79 Å². The van der Waals surface area contributed by atoms with Crippen molar-refractivity contribution < 1.29 is 13.9 Å². The number of hydrogen-bond donors (Lipinski definition) is 1. The summed E-state index contributed by atoms with van der Waals surface area (Å²) >= 11 is 1.42. The summed E-state index contributed by atoms with van der Waals surface area (Å²) in [6.07, 6.45) is 1.61. The Hall–Kier alpha value is -3.39. The van der Waals surface area contributed by atoms with E-state index in [9.17, 15) is 4.79 Å². The van der Waals surface area contributed by atoms with Gasteiger partial charge in [0.25, 0.3) is 5.91 Å². The van der Waals surface area contributed by atoms with E-state index < -0.39 is 0 Å². The van der Waals surface area contributed by atoms with Crippen LogP contribution < -0.4 is 10.1 Å². The largest absolute Gasteiger partial charge is 0.494 e. The minimum Gasteiger partial charge on any atom is -0.494 e. The first-order chi connectivity index (χ1) is 13.6. The molecule has 3 aromatic heterocycles. The van der Waals surface area contributed by atoms with Gasteiger partial charge >= 0.3 is 0 Å². The number of aryl methyl sites for hydroxylation is 1. The van der Waals surface area contributed by atoms with Crippen LogP contribution in [-0.2, 0) is 0 Å². The molecule has 0 radical (unpaired) electrons. The molecule has 142 valence electrons. The molecule has 0 saturated carbocycles. The van der Waals surface area contributed by atoms with Crippen LogP contribution in [0.25, 0.3) is 16.6 Å². The van der Waals surface area contributed by atoms with E-state index in [4.69, 9.17) is 9.15 Å². The number of hydrogen-bond acceptors (Lipinski definition) is 6. The minimum atomic E-state index is -0.230. The molecule has 0 aliphatic heterocycles. The number of thiazole rings is 1. The van der Waals surface area contributed by atoms with Crippen LogP contribution in [0.3, 0.4) is 0 Å². The monoisotopic (exact) mass is 394 g/mol. The molecular weight excluding hydrogens is 376 g/mol. The van der Waals surface area contributed by atoms with E-state index in [1.54, 1.807) is 41.3 Å². The molecule has 28 heavy (non-hydrogen) atoms. The van der Waals surface area contributed by atoms with Crippen molar-refractivity contribution in [2.75, 3.05) is 11.9 Å². The Morgan fingerprint density at radius 3 is 2.82 bits per heavy atom. The van der Waals surface area contributed by atoms with Crippen LogP contribution >= 0.6 is 11.3 Å². The molecule has 1 amide bonds. The first kappa shape index (κ1) is 18.0. The second kappa shape index (κ2) is 7.69. The van der Waals surface area contributed by atoms with E-state index in [2.05, 4.69) is 15.4 Å². The average molecular weight is 394 g/mol. The van der Waals surface area contributed by atoms with Gasteiger partial charge in [-0.15, -0.1) is 11.3 Å². The lowest BCUT2D eigenvalue weighted by atomic mass is 10.2. The van der Waals surface area contributed by atoms with Crippen LogP contribution in [0.5, 0.6) is 5.75 Å². The van der Waals surface area contributed by atoms with Gasteiger partial charge in [0, 0.05) is 17.0 Å². The number of rotatable bonds is 6. The third-order valence-corrected chi connectivity index (χ3v) is 4.76. The summed E-state index contributed by atoms with van der Waals surface area (Å²) in [5, 5.41) is 9.90. The van der Waals surface area contributed by atoms with Gasteiger partial charge in [0.1, 0.15) is 17.3 Å². The second-order valence-corrected chi connectivity index (χ2v) is 6.82. The molecular formula is C20H18N4O3S. The fraction of sp³-hybridized carbons (Fsp3) is 0.150.